The third-order valence-electron chi connectivity index (χ3n) is 8.35. The van der Waals surface area contributed by atoms with Crippen LogP contribution in [0.3, 0.4) is 0 Å². The van der Waals surface area contributed by atoms with Gasteiger partial charge < -0.3 is 28.5 Å². The number of allylic oxidation sites excluding steroid dienone is 6. The zero-order chi connectivity index (χ0) is 37.8. The zero-order valence-corrected chi connectivity index (χ0v) is 33.3. The van der Waals surface area contributed by atoms with Gasteiger partial charge in [-0.15, -0.1) is 0 Å². The van der Waals surface area contributed by atoms with E-state index in [1.54, 1.807) is 0 Å². The molecule has 0 rings (SSSR count). The van der Waals surface area contributed by atoms with Gasteiger partial charge in [0.2, 0.25) is 0 Å². The number of nitrogens with zero attached hydrogens (tertiary/aromatic N) is 1. The van der Waals surface area contributed by atoms with Crippen molar-refractivity contribution in [3.63, 3.8) is 0 Å². The smallest absolute Gasteiger partial charge is 0.361 e. The minimum absolute atomic E-state index is 0.183. The molecule has 0 aliphatic rings. The number of carbonyl (C=O) groups excluding carboxylic acids is 2. The molecule has 2 atom stereocenters. The summed E-state index contributed by atoms with van der Waals surface area (Å²) in [7, 11) is 5.93. The van der Waals surface area contributed by atoms with Crippen LogP contribution in [0.4, 0.5) is 0 Å². The third kappa shape index (κ3) is 35.7. The Hall–Kier alpha value is -2.49. The normalized spacial score (nSPS) is 13.4. The minimum Gasteiger partial charge on any atom is -0.477 e. The fourth-order valence-electron chi connectivity index (χ4n) is 5.16. The van der Waals surface area contributed by atoms with Gasteiger partial charge in [0.15, 0.2) is 6.10 Å². The van der Waals surface area contributed by atoms with Crippen molar-refractivity contribution in [1.82, 2.24) is 0 Å². The molecule has 51 heavy (non-hydrogen) atoms. The molecule has 0 bridgehead atoms. The predicted molar refractivity (Wildman–Crippen MR) is 207 cm³/mol. The number of esters is 2. The molecule has 0 fully saturated rings. The lowest BCUT2D eigenvalue weighted by Crippen LogP contribution is -2.40. The molecule has 1 N–H and O–H groups in total. The number of carbonyl (C=O) groups is 3. The lowest BCUT2D eigenvalue weighted by molar-refractivity contribution is -0.870. The highest BCUT2D eigenvalue weighted by atomic mass is 16.7. The molecule has 9 nitrogen and oxygen atoms in total. The lowest BCUT2D eigenvalue weighted by atomic mass is 10.1. The maximum Gasteiger partial charge on any atom is 0.361 e. The van der Waals surface area contributed by atoms with Gasteiger partial charge in [-0.3, -0.25) is 9.59 Å². The lowest BCUT2D eigenvalue weighted by Gasteiger charge is -2.25. The van der Waals surface area contributed by atoms with Crippen molar-refractivity contribution in [3.8, 4) is 0 Å². The summed E-state index contributed by atoms with van der Waals surface area (Å²) >= 11 is 0. The molecule has 0 aromatic carbocycles. The van der Waals surface area contributed by atoms with Crippen LogP contribution >= 0.6 is 0 Å². The Bertz CT molecular complexity index is 940. The molecule has 2 unspecified atom stereocenters. The summed E-state index contributed by atoms with van der Waals surface area (Å²) < 4.78 is 22.6. The molecule has 296 valence electrons. The first-order valence-electron chi connectivity index (χ1n) is 20.2. The number of likely N-dealkylation sites (N-methyl/N-ethyl adjacent to an activating group) is 1. The van der Waals surface area contributed by atoms with Gasteiger partial charge in [0, 0.05) is 12.8 Å². The summed E-state index contributed by atoms with van der Waals surface area (Å²) in [5, 5.41) is 9.59. The Morgan fingerprint density at radius 3 is 1.65 bits per heavy atom. The van der Waals surface area contributed by atoms with Gasteiger partial charge in [-0.05, 0) is 64.2 Å². The Morgan fingerprint density at radius 1 is 0.588 bits per heavy atom. The van der Waals surface area contributed by atoms with Crippen molar-refractivity contribution in [3.05, 3.63) is 36.5 Å². The van der Waals surface area contributed by atoms with E-state index in [0.29, 0.717) is 17.4 Å². The molecule has 0 aromatic heterocycles. The molecule has 0 saturated heterocycles. The molecule has 0 heterocycles. The van der Waals surface area contributed by atoms with Crippen molar-refractivity contribution >= 4 is 17.9 Å². The summed E-state index contributed by atoms with van der Waals surface area (Å²) in [5.74, 6) is -2.04. The fraction of sp³-hybridized carbons (Fsp3) is 0.786. The topological polar surface area (TPSA) is 108 Å². The Balaban J connectivity index is 4.55. The van der Waals surface area contributed by atoms with Gasteiger partial charge in [-0.2, -0.15) is 0 Å². The van der Waals surface area contributed by atoms with Gasteiger partial charge in [0.25, 0.3) is 6.29 Å². The predicted octanol–water partition coefficient (Wildman–Crippen LogP) is 9.88. The summed E-state index contributed by atoms with van der Waals surface area (Å²) in [6.45, 7) is 4.74. The minimum atomic E-state index is -1.51. The number of unbranched alkanes of at least 4 members (excludes halogenated alkanes) is 15. The fourth-order valence-corrected chi connectivity index (χ4v) is 5.16. The average Bonchev–Trinajstić information content (AvgIpc) is 3.08. The third-order valence-corrected chi connectivity index (χ3v) is 8.35. The van der Waals surface area contributed by atoms with Gasteiger partial charge >= 0.3 is 17.9 Å². The monoisotopic (exact) mass is 723 g/mol. The van der Waals surface area contributed by atoms with Crippen LogP contribution in [0.15, 0.2) is 36.5 Å². The van der Waals surface area contributed by atoms with Crippen LogP contribution in [0, 0.1) is 0 Å². The maximum absolute atomic E-state index is 12.7. The SMILES string of the molecule is CCC/C=C\C/C=C\CCCCCCCC(=O)OC(COC(=O)CCCCCCC/C=C\CCCCCC)COC(OCC[N+](C)(C)C)C(=O)O. The zero-order valence-electron chi connectivity index (χ0n) is 33.3. The average molecular weight is 723 g/mol. The van der Waals surface area contributed by atoms with Crippen molar-refractivity contribution < 1.29 is 42.9 Å². The van der Waals surface area contributed by atoms with Crippen LogP contribution in [0.5, 0.6) is 0 Å². The number of hydrogen-bond acceptors (Lipinski definition) is 7. The molecule has 9 heteroatoms. The number of carboxylic acids is 1. The summed E-state index contributed by atoms with van der Waals surface area (Å²) in [4.78, 5) is 36.9. The van der Waals surface area contributed by atoms with E-state index >= 15 is 0 Å². The summed E-state index contributed by atoms with van der Waals surface area (Å²) in [6, 6.07) is 0. The number of quaternary nitrogens is 1. The molecule has 0 aromatic rings. The van der Waals surface area contributed by atoms with E-state index in [2.05, 4.69) is 50.3 Å². The molecule has 0 aliphatic heterocycles. The molecular weight excluding hydrogens is 646 g/mol. The Kier molecular flexibility index (Phi) is 32.9. The number of aliphatic carboxylic acids is 1. The first-order valence-corrected chi connectivity index (χ1v) is 20.2. The second-order valence-corrected chi connectivity index (χ2v) is 14.6. The van der Waals surface area contributed by atoms with E-state index in [0.717, 1.165) is 83.5 Å². The maximum atomic E-state index is 12.7. The highest BCUT2D eigenvalue weighted by Crippen LogP contribution is 2.12. The number of carboxylic acid groups (broad SMARTS) is 1. The van der Waals surface area contributed by atoms with E-state index < -0.39 is 24.3 Å². The van der Waals surface area contributed by atoms with Crippen LogP contribution in [-0.4, -0.2) is 87.4 Å². The van der Waals surface area contributed by atoms with Gasteiger partial charge in [0.1, 0.15) is 13.2 Å². The van der Waals surface area contributed by atoms with Crippen LogP contribution in [0.25, 0.3) is 0 Å². The Morgan fingerprint density at radius 2 is 1.10 bits per heavy atom. The van der Waals surface area contributed by atoms with Gasteiger partial charge in [-0.25, -0.2) is 4.79 Å². The number of rotatable bonds is 36. The second-order valence-electron chi connectivity index (χ2n) is 14.6. The van der Waals surface area contributed by atoms with E-state index in [-0.39, 0.29) is 38.6 Å². The first kappa shape index (κ1) is 48.5. The van der Waals surface area contributed by atoms with E-state index in [1.807, 2.05) is 21.1 Å². The van der Waals surface area contributed by atoms with Crippen LogP contribution < -0.4 is 0 Å². The van der Waals surface area contributed by atoms with Crippen LogP contribution in [-0.2, 0) is 33.3 Å². The molecular formula is C42H76NO8+. The summed E-state index contributed by atoms with van der Waals surface area (Å²) in [5.41, 5.74) is 0. The van der Waals surface area contributed by atoms with Crippen LogP contribution in [0.1, 0.15) is 155 Å². The first-order chi connectivity index (χ1) is 24.6. The largest absolute Gasteiger partial charge is 0.477 e. The van der Waals surface area contributed by atoms with E-state index in [4.69, 9.17) is 18.9 Å². The van der Waals surface area contributed by atoms with Crippen molar-refractivity contribution in [2.24, 2.45) is 0 Å². The Labute approximate surface area is 311 Å². The van der Waals surface area contributed by atoms with Gasteiger partial charge in [-0.1, -0.05) is 115 Å². The highest BCUT2D eigenvalue weighted by Gasteiger charge is 2.25. The molecule has 0 spiro atoms. The van der Waals surface area contributed by atoms with E-state index in [1.165, 1.54) is 38.5 Å². The van der Waals surface area contributed by atoms with Crippen LogP contribution in [0.2, 0.25) is 0 Å². The van der Waals surface area contributed by atoms with E-state index in [9.17, 15) is 19.5 Å². The molecule has 0 aliphatic carbocycles. The number of hydrogen-bond donors (Lipinski definition) is 1. The van der Waals surface area contributed by atoms with Crippen molar-refractivity contribution in [1.29, 1.82) is 0 Å². The van der Waals surface area contributed by atoms with Crippen molar-refractivity contribution in [2.75, 3.05) is 47.5 Å². The summed E-state index contributed by atoms with van der Waals surface area (Å²) in [6.07, 6.45) is 33.4. The van der Waals surface area contributed by atoms with Crippen molar-refractivity contribution in [2.45, 2.75) is 167 Å². The quantitative estimate of drug-likeness (QED) is 0.0224. The molecule has 0 saturated carbocycles. The second kappa shape index (κ2) is 34.6. The van der Waals surface area contributed by atoms with Gasteiger partial charge in [0.05, 0.1) is 34.4 Å². The number of ether oxygens (including phenoxy) is 4. The highest BCUT2D eigenvalue weighted by molar-refractivity contribution is 5.71. The molecule has 0 amide bonds. The molecule has 0 radical (unpaired) electrons. The standard InChI is InChI=1S/C42H75NO8/c1-6-8-10-12-14-16-18-20-22-24-26-28-30-32-39(44)49-36-38(37-50-42(41(46)47)48-35-34-43(3,4)5)51-40(45)33-31-29-27-25-23-21-19-17-15-13-11-9-7-2/h11,13,16-19,38,42H,6-10,12,14-15,20-37H2,1-5H3/p+1/b13-11-,18-16-,19-17-.